The van der Waals surface area contributed by atoms with Gasteiger partial charge in [-0.25, -0.2) is 9.36 Å². The van der Waals surface area contributed by atoms with E-state index < -0.39 is 0 Å². The topological polar surface area (TPSA) is 83.7 Å². The lowest BCUT2D eigenvalue weighted by molar-refractivity contribution is -0.117. The Balaban J connectivity index is 1.54. The molecular formula is C26H22ClN3O5. The van der Waals surface area contributed by atoms with Crippen molar-refractivity contribution in [3.63, 3.8) is 0 Å². The Kier molecular flexibility index (Phi) is 5.96. The van der Waals surface area contributed by atoms with Crippen molar-refractivity contribution < 1.29 is 19.0 Å². The smallest absolute Gasteiger partial charge is 0.278 e. The van der Waals surface area contributed by atoms with Crippen LogP contribution in [-0.4, -0.2) is 29.5 Å². The predicted octanol–water partition coefficient (Wildman–Crippen LogP) is 4.64. The van der Waals surface area contributed by atoms with E-state index in [0.29, 0.717) is 51.5 Å². The zero-order valence-electron chi connectivity index (χ0n) is 19.1. The number of rotatable bonds is 6. The maximum atomic E-state index is 13.5. The van der Waals surface area contributed by atoms with Crippen molar-refractivity contribution in [2.24, 2.45) is 0 Å². The van der Waals surface area contributed by atoms with Gasteiger partial charge in [-0.15, -0.1) is 0 Å². The molecule has 1 aliphatic heterocycles. The van der Waals surface area contributed by atoms with Gasteiger partial charge < -0.3 is 19.5 Å². The zero-order chi connectivity index (χ0) is 24.5. The highest BCUT2D eigenvalue weighted by Gasteiger charge is 2.29. The monoisotopic (exact) mass is 491 g/mol. The van der Waals surface area contributed by atoms with Gasteiger partial charge in [-0.3, -0.25) is 9.59 Å². The number of hydrogen-bond acceptors (Lipinski definition) is 5. The fourth-order valence-electron chi connectivity index (χ4n) is 4.11. The molecule has 9 heteroatoms. The highest BCUT2D eigenvalue weighted by molar-refractivity contribution is 6.30. The fraction of sp³-hybridized carbons (Fsp3) is 0.154. The van der Waals surface area contributed by atoms with Gasteiger partial charge in [0.05, 0.1) is 25.5 Å². The molecule has 0 radical (unpaired) electrons. The predicted molar refractivity (Wildman–Crippen MR) is 133 cm³/mol. The van der Waals surface area contributed by atoms with Crippen LogP contribution in [0.2, 0.25) is 5.02 Å². The third-order valence-electron chi connectivity index (χ3n) is 5.71. The number of para-hydroxylation sites is 1. The number of halogens is 1. The van der Waals surface area contributed by atoms with Crippen LogP contribution in [0.25, 0.3) is 5.69 Å². The minimum absolute atomic E-state index is 0.165. The summed E-state index contributed by atoms with van der Waals surface area (Å²) in [6.07, 6.45) is 0.346. The molecule has 8 nitrogen and oxygen atoms in total. The van der Waals surface area contributed by atoms with Crippen LogP contribution >= 0.6 is 11.6 Å². The van der Waals surface area contributed by atoms with E-state index in [1.807, 2.05) is 18.2 Å². The van der Waals surface area contributed by atoms with E-state index in [9.17, 15) is 9.59 Å². The highest BCUT2D eigenvalue weighted by atomic mass is 35.5. The fourth-order valence-corrected chi connectivity index (χ4v) is 4.30. The molecule has 0 unspecified atom stereocenters. The van der Waals surface area contributed by atoms with E-state index in [1.165, 1.54) is 18.9 Å². The van der Waals surface area contributed by atoms with E-state index >= 15 is 0 Å². The lowest BCUT2D eigenvalue weighted by atomic mass is 10.0. The number of methoxy groups -OCH3 is 2. The summed E-state index contributed by atoms with van der Waals surface area (Å²) in [7, 11) is 3.07. The second kappa shape index (κ2) is 9.23. The van der Waals surface area contributed by atoms with E-state index in [0.717, 1.165) is 5.56 Å². The standard InChI is InChI=1S/C26H22ClN3O5/c1-33-20-12-18(13-21(14-20)34-2)28-24(31)15-29-26-22(11-16-10-17(27)8-9-23(16)35-26)25(32)30(29)19-6-4-3-5-7-19/h3-10,12-14H,11,15H2,1-2H3,(H,28,31). The molecule has 2 heterocycles. The summed E-state index contributed by atoms with van der Waals surface area (Å²) >= 11 is 6.15. The quantitative estimate of drug-likeness (QED) is 0.374. The Hall–Kier alpha value is -4.17. The third-order valence-corrected chi connectivity index (χ3v) is 5.95. The number of carbonyl (C=O) groups excluding carboxylic acids is 1. The Labute approximate surface area is 206 Å². The Morgan fingerprint density at radius 3 is 2.43 bits per heavy atom. The first-order chi connectivity index (χ1) is 17.0. The van der Waals surface area contributed by atoms with Crippen LogP contribution in [0, 0.1) is 0 Å². The maximum absolute atomic E-state index is 13.5. The lowest BCUT2D eigenvalue weighted by Crippen LogP contribution is -2.27. The van der Waals surface area contributed by atoms with Crippen LogP contribution in [0.4, 0.5) is 5.69 Å². The van der Waals surface area contributed by atoms with Crippen LogP contribution in [0.1, 0.15) is 11.1 Å². The average Bonchev–Trinajstić information content (AvgIpc) is 3.12. The summed E-state index contributed by atoms with van der Waals surface area (Å²) in [5.74, 6) is 1.65. The number of anilines is 1. The highest BCUT2D eigenvalue weighted by Crippen LogP contribution is 2.37. The largest absolute Gasteiger partial charge is 0.497 e. The van der Waals surface area contributed by atoms with Gasteiger partial charge in [0.25, 0.3) is 5.56 Å². The number of hydrogen-bond donors (Lipinski definition) is 1. The Bertz CT molecular complexity index is 1450. The summed E-state index contributed by atoms with van der Waals surface area (Å²) < 4.78 is 19.7. The molecular weight excluding hydrogens is 470 g/mol. The van der Waals surface area contributed by atoms with Crippen LogP contribution in [0.3, 0.4) is 0 Å². The molecule has 1 N–H and O–H groups in total. The molecule has 0 aliphatic carbocycles. The molecule has 5 rings (SSSR count). The van der Waals surface area contributed by atoms with Gasteiger partial charge in [0.15, 0.2) is 0 Å². The number of benzene rings is 3. The Morgan fingerprint density at radius 2 is 1.74 bits per heavy atom. The van der Waals surface area contributed by atoms with E-state index in [-0.39, 0.29) is 18.0 Å². The molecule has 178 valence electrons. The van der Waals surface area contributed by atoms with Crippen molar-refractivity contribution in [1.29, 1.82) is 0 Å². The summed E-state index contributed by atoms with van der Waals surface area (Å²) in [5, 5.41) is 3.41. The van der Waals surface area contributed by atoms with Gasteiger partial charge in [-0.1, -0.05) is 29.8 Å². The number of nitrogens with one attached hydrogen (secondary N) is 1. The van der Waals surface area contributed by atoms with Crippen LogP contribution < -0.4 is 25.1 Å². The molecule has 3 aromatic carbocycles. The summed E-state index contributed by atoms with van der Waals surface area (Å²) in [4.78, 5) is 26.6. The van der Waals surface area contributed by atoms with Gasteiger partial charge in [-0.05, 0) is 30.3 Å². The Morgan fingerprint density at radius 1 is 1.03 bits per heavy atom. The summed E-state index contributed by atoms with van der Waals surface area (Å²) in [6, 6.07) is 19.5. The number of carbonyl (C=O) groups is 1. The molecule has 0 atom stereocenters. The average molecular weight is 492 g/mol. The van der Waals surface area contributed by atoms with Crippen molar-refractivity contribution in [2.75, 3.05) is 19.5 Å². The molecule has 0 fully saturated rings. The number of amides is 1. The van der Waals surface area contributed by atoms with Crippen LogP contribution in [0.15, 0.2) is 71.5 Å². The first-order valence-electron chi connectivity index (χ1n) is 10.9. The van der Waals surface area contributed by atoms with Crippen molar-refractivity contribution in [3.05, 3.63) is 93.2 Å². The SMILES string of the molecule is COc1cc(NC(=O)Cn2c3c(c(=O)n2-c2ccccc2)Cc2cc(Cl)ccc2O3)cc(OC)c1. The number of ether oxygens (including phenoxy) is 3. The van der Waals surface area contributed by atoms with Gasteiger partial charge in [0.2, 0.25) is 11.8 Å². The van der Waals surface area contributed by atoms with Gasteiger partial charge in [0, 0.05) is 40.9 Å². The van der Waals surface area contributed by atoms with Crippen molar-refractivity contribution in [1.82, 2.24) is 9.36 Å². The molecule has 0 saturated heterocycles. The molecule has 1 amide bonds. The molecule has 0 bridgehead atoms. The zero-order valence-corrected chi connectivity index (χ0v) is 19.8. The molecule has 0 spiro atoms. The van der Waals surface area contributed by atoms with Crippen molar-refractivity contribution in [2.45, 2.75) is 13.0 Å². The second-order valence-electron chi connectivity index (χ2n) is 7.97. The minimum atomic E-state index is -0.353. The lowest BCUT2D eigenvalue weighted by Gasteiger charge is -2.20. The molecule has 1 aromatic heterocycles. The van der Waals surface area contributed by atoms with E-state index in [1.54, 1.807) is 53.2 Å². The molecule has 4 aromatic rings. The molecule has 35 heavy (non-hydrogen) atoms. The third kappa shape index (κ3) is 4.36. The number of fused-ring (bicyclic) bond motifs is 2. The second-order valence-corrected chi connectivity index (χ2v) is 8.41. The maximum Gasteiger partial charge on any atom is 0.278 e. The van der Waals surface area contributed by atoms with Gasteiger partial charge >= 0.3 is 0 Å². The minimum Gasteiger partial charge on any atom is -0.497 e. The van der Waals surface area contributed by atoms with Crippen LogP contribution in [-0.2, 0) is 17.8 Å². The van der Waals surface area contributed by atoms with E-state index in [4.69, 9.17) is 25.8 Å². The van der Waals surface area contributed by atoms with Crippen molar-refractivity contribution >= 4 is 23.2 Å². The molecule has 0 saturated carbocycles. The number of aromatic nitrogens is 2. The first-order valence-corrected chi connectivity index (χ1v) is 11.2. The van der Waals surface area contributed by atoms with Gasteiger partial charge in [0.1, 0.15) is 23.8 Å². The first kappa shape index (κ1) is 22.6. The van der Waals surface area contributed by atoms with Crippen LogP contribution in [0.5, 0.6) is 23.1 Å². The van der Waals surface area contributed by atoms with E-state index in [2.05, 4.69) is 5.32 Å². The molecule has 1 aliphatic rings. The number of nitrogens with zero attached hydrogens (tertiary/aromatic N) is 2. The van der Waals surface area contributed by atoms with Gasteiger partial charge in [-0.2, -0.15) is 0 Å². The normalized spacial score (nSPS) is 11.7. The van der Waals surface area contributed by atoms with Crippen molar-refractivity contribution in [3.8, 4) is 28.8 Å². The summed E-state index contributed by atoms with van der Waals surface area (Å²) in [6.45, 7) is -0.165. The summed E-state index contributed by atoms with van der Waals surface area (Å²) in [5.41, 5.74) is 2.13.